The van der Waals surface area contributed by atoms with Crippen LogP contribution in [0.25, 0.3) is 0 Å². The largest absolute Gasteiger partial charge is 0.416 e. The molecule has 0 saturated carbocycles. The molecule has 0 spiro atoms. The summed E-state index contributed by atoms with van der Waals surface area (Å²) in [5.74, 6) is -0.317. The van der Waals surface area contributed by atoms with Crippen LogP contribution in [-0.2, 0) is 53.6 Å². The van der Waals surface area contributed by atoms with Crippen LogP contribution in [0.3, 0.4) is 0 Å². The fourth-order valence-corrected chi connectivity index (χ4v) is 9.04. The second-order valence-corrected chi connectivity index (χ2v) is 20.4. The highest BCUT2D eigenvalue weighted by atomic mass is 19.4. The van der Waals surface area contributed by atoms with Gasteiger partial charge in [0.05, 0.1) is 71.1 Å². The third-order valence-electron chi connectivity index (χ3n) is 13.6. The van der Waals surface area contributed by atoms with Crippen LogP contribution in [0.15, 0.2) is 115 Å². The SMILES string of the molecule is C.C.C=COO.C[C@@H](OC[C@@]1(c2ccccc2)CC[C@H](NC(=O)C(C)(C)N)CN1)c1cc(C(F)(F)F)cc(C(F)(F)F)c1.Cc1cc([C@@H](C)OC[C@@]2(c3ccccc3)CC[C@H](N3C=NC(C)(C)C3=O)CN2)cc(C(F)(F)F)c1. The van der Waals surface area contributed by atoms with Gasteiger partial charge in [-0.2, -0.15) is 39.5 Å². The van der Waals surface area contributed by atoms with E-state index in [4.69, 9.17) is 20.5 Å². The van der Waals surface area contributed by atoms with Crippen LogP contribution < -0.4 is 21.7 Å². The molecule has 0 aliphatic carbocycles. The molecular weight excluding hydrogens is 1040 g/mol. The topological polar surface area (TPSA) is 160 Å². The van der Waals surface area contributed by atoms with E-state index in [1.807, 2.05) is 60.7 Å². The van der Waals surface area contributed by atoms with Crippen molar-refractivity contribution in [2.75, 3.05) is 26.3 Å². The lowest BCUT2D eigenvalue weighted by atomic mass is 9.81. The maximum Gasteiger partial charge on any atom is 0.416 e. The number of aliphatic imine (C=N–C) groups is 1. The summed E-state index contributed by atoms with van der Waals surface area (Å²) in [6, 6.07) is 24.4. The molecule has 2 saturated heterocycles. The van der Waals surface area contributed by atoms with Crippen LogP contribution in [-0.4, -0.2) is 77.8 Å². The van der Waals surface area contributed by atoms with Gasteiger partial charge in [-0.05, 0) is 127 Å². The smallest absolute Gasteiger partial charge is 0.372 e. The first-order valence-corrected chi connectivity index (χ1v) is 24.6. The Morgan fingerprint density at radius 2 is 1.19 bits per heavy atom. The van der Waals surface area contributed by atoms with Gasteiger partial charge in [-0.1, -0.05) is 93.7 Å². The van der Waals surface area contributed by atoms with Crippen molar-refractivity contribution < 1.29 is 68.7 Å². The fraction of sp³-hybridized carbons (Fsp3) is 0.491. The highest BCUT2D eigenvalue weighted by molar-refractivity contribution is 5.99. The molecule has 0 aromatic heterocycles. The van der Waals surface area contributed by atoms with E-state index in [1.165, 1.54) is 6.92 Å². The minimum atomic E-state index is -4.94. The molecule has 21 heteroatoms. The minimum Gasteiger partial charge on any atom is -0.372 e. The first-order chi connectivity index (χ1) is 35.3. The molecule has 3 aliphatic rings. The quantitative estimate of drug-likeness (QED) is 0.0358. The van der Waals surface area contributed by atoms with Crippen molar-refractivity contribution in [2.24, 2.45) is 10.7 Å². The van der Waals surface area contributed by atoms with E-state index >= 15 is 0 Å². The van der Waals surface area contributed by atoms with Crippen LogP contribution >= 0.6 is 0 Å². The van der Waals surface area contributed by atoms with Crippen molar-refractivity contribution >= 4 is 18.2 Å². The monoisotopic (exact) mass is 1110 g/mol. The van der Waals surface area contributed by atoms with E-state index in [-0.39, 0.29) is 63.6 Å². The molecule has 12 nitrogen and oxygen atoms in total. The number of rotatable bonds is 14. The summed E-state index contributed by atoms with van der Waals surface area (Å²) in [6.45, 7) is 15.9. The summed E-state index contributed by atoms with van der Waals surface area (Å²) in [5, 5.41) is 17.2. The van der Waals surface area contributed by atoms with Crippen molar-refractivity contribution in [1.82, 2.24) is 20.9 Å². The molecule has 2 amide bonds. The maximum atomic E-state index is 13.3. The Hall–Kier alpha value is -5.84. The van der Waals surface area contributed by atoms with Crippen molar-refractivity contribution in [1.29, 1.82) is 0 Å². The summed E-state index contributed by atoms with van der Waals surface area (Å²) in [6.07, 6.45) is -10.8. The molecule has 3 aliphatic heterocycles. The summed E-state index contributed by atoms with van der Waals surface area (Å²) in [4.78, 5) is 34.4. The number of nitrogens with two attached hydrogens (primary N) is 1. The number of carbonyl (C=O) groups excluding carboxylic acids is 2. The number of amides is 2. The second-order valence-electron chi connectivity index (χ2n) is 20.4. The number of carbonyl (C=O) groups is 2. The number of hydrogen-bond donors (Lipinski definition) is 5. The minimum absolute atomic E-state index is 0. The summed E-state index contributed by atoms with van der Waals surface area (Å²) in [7, 11) is 0. The molecule has 0 radical (unpaired) electrons. The zero-order valence-corrected chi connectivity index (χ0v) is 43.4. The maximum absolute atomic E-state index is 13.3. The number of benzene rings is 4. The molecule has 4 aromatic carbocycles. The van der Waals surface area contributed by atoms with E-state index in [0.29, 0.717) is 55.6 Å². The molecule has 0 bridgehead atoms. The standard InChI is InChI=1S/C27H32F3N3O2.C26H31F6N3O2.C2H4O2.2CH4/c1-18-12-20(14-22(13-18)27(28,29)30)19(2)35-16-26(21-8-6-5-7-9-21)11-10-23(15-31-26)33-17-32-25(3,4)24(33)34;1-16(17-11-19(25(27,28)29)13-20(12-17)26(30,31)32)37-15-24(18-7-5-4-6-8-18)10-9-21(14-34-24)35-22(36)23(2,3)33;1-2-4-3;;/h5-9,12-14,17,19,23,31H,10-11,15-16H2,1-4H3;4-8,11-13,16,21,34H,9-10,14-15,33H2,1-3H3,(H,35,36);2-3H,1H2;2*1H4/t19-,23+,26-;16-,21+,24-;;;/m11.../s1. The number of hydrogen-bond acceptors (Lipinski definition) is 10. The summed E-state index contributed by atoms with van der Waals surface area (Å²) < 4.78 is 132. The highest BCUT2D eigenvalue weighted by Crippen LogP contribution is 2.40. The first kappa shape index (κ1) is 66.4. The number of alkyl halides is 9. The Balaban J connectivity index is 0.000000375. The zero-order chi connectivity index (χ0) is 56.5. The zero-order valence-electron chi connectivity index (χ0n) is 43.4. The van der Waals surface area contributed by atoms with Gasteiger partial charge in [0.2, 0.25) is 5.91 Å². The van der Waals surface area contributed by atoms with Crippen LogP contribution in [0.1, 0.15) is 139 Å². The lowest BCUT2D eigenvalue weighted by Crippen LogP contribution is -2.60. The van der Waals surface area contributed by atoms with Crippen molar-refractivity contribution in [2.45, 2.75) is 154 Å². The van der Waals surface area contributed by atoms with Crippen LogP contribution in [0.5, 0.6) is 0 Å². The van der Waals surface area contributed by atoms with Crippen molar-refractivity contribution in [3.8, 4) is 0 Å². The molecule has 7 rings (SSSR count). The Kier molecular flexibility index (Phi) is 22.9. The Morgan fingerprint density at radius 3 is 1.55 bits per heavy atom. The van der Waals surface area contributed by atoms with Crippen LogP contribution in [0, 0.1) is 6.92 Å². The number of nitrogens with one attached hydrogen (secondary N) is 3. The summed E-state index contributed by atoms with van der Waals surface area (Å²) in [5.41, 5.74) is 2.07. The van der Waals surface area contributed by atoms with Crippen molar-refractivity contribution in [3.63, 3.8) is 0 Å². The van der Waals surface area contributed by atoms with Gasteiger partial charge in [0.1, 0.15) is 11.8 Å². The Bertz CT molecular complexity index is 2560. The van der Waals surface area contributed by atoms with Gasteiger partial charge in [0.15, 0.2) is 0 Å². The third kappa shape index (κ3) is 17.3. The normalized spacial score (nSPS) is 22.0. The van der Waals surface area contributed by atoms with Crippen molar-refractivity contribution in [3.05, 3.63) is 154 Å². The lowest BCUT2D eigenvalue weighted by Gasteiger charge is -2.44. The molecule has 6 N–H and O–H groups in total. The molecule has 4 aromatic rings. The van der Waals surface area contributed by atoms with Gasteiger partial charge in [0.25, 0.3) is 5.91 Å². The molecule has 3 heterocycles. The van der Waals surface area contributed by atoms with E-state index in [0.717, 1.165) is 35.9 Å². The van der Waals surface area contributed by atoms with E-state index in [2.05, 4.69) is 32.4 Å². The number of ether oxygens (including phenoxy) is 2. The predicted molar refractivity (Wildman–Crippen MR) is 283 cm³/mol. The van der Waals surface area contributed by atoms with Gasteiger partial charge >= 0.3 is 18.5 Å². The molecule has 78 heavy (non-hydrogen) atoms. The molecule has 432 valence electrons. The predicted octanol–water partition coefficient (Wildman–Crippen LogP) is 12.6. The van der Waals surface area contributed by atoms with E-state index < -0.39 is 69.6 Å². The van der Waals surface area contributed by atoms with E-state index in [9.17, 15) is 49.1 Å². The number of piperidine rings is 2. The van der Waals surface area contributed by atoms with Gasteiger partial charge in [-0.25, -0.2) is 5.26 Å². The Labute approximate surface area is 451 Å². The molecule has 6 atom stereocenters. The van der Waals surface area contributed by atoms with Crippen LogP contribution in [0.2, 0.25) is 0 Å². The molecule has 2 fully saturated rings. The van der Waals surface area contributed by atoms with E-state index in [1.54, 1.807) is 58.8 Å². The fourth-order valence-electron chi connectivity index (χ4n) is 9.04. The Morgan fingerprint density at radius 1 is 0.769 bits per heavy atom. The summed E-state index contributed by atoms with van der Waals surface area (Å²) >= 11 is 0. The second kappa shape index (κ2) is 26.9. The number of aryl methyl sites for hydroxylation is 1. The van der Waals surface area contributed by atoms with Gasteiger partial charge < -0.3 is 36.0 Å². The molecular formula is C57H75F9N6O6. The average Bonchev–Trinajstić information content (AvgIpc) is 3.66. The average molecular weight is 1110 g/mol. The van der Waals surface area contributed by atoms with Gasteiger partial charge in [-0.3, -0.25) is 19.5 Å². The van der Waals surface area contributed by atoms with Crippen LogP contribution in [0.4, 0.5) is 39.5 Å². The lowest BCUT2D eigenvalue weighted by molar-refractivity contribution is -0.186. The third-order valence-corrected chi connectivity index (χ3v) is 13.6. The van der Waals surface area contributed by atoms with Gasteiger partial charge in [-0.15, -0.1) is 0 Å². The first-order valence-electron chi connectivity index (χ1n) is 24.6. The number of nitrogens with zero attached hydrogens (tertiary/aromatic N) is 2. The highest BCUT2D eigenvalue weighted by Gasteiger charge is 2.45. The van der Waals surface area contributed by atoms with Gasteiger partial charge in [0, 0.05) is 19.1 Å². The number of halogens is 9. The molecule has 0 unspecified atom stereocenters.